The third-order valence-corrected chi connectivity index (χ3v) is 4.75. The van der Waals surface area contributed by atoms with E-state index in [2.05, 4.69) is 30.5 Å². The molecule has 0 saturated heterocycles. The number of benzene rings is 1. The van der Waals surface area contributed by atoms with Crippen LogP contribution in [0, 0.1) is 13.8 Å². The number of rotatable bonds is 3. The van der Waals surface area contributed by atoms with E-state index >= 15 is 0 Å². The summed E-state index contributed by atoms with van der Waals surface area (Å²) < 4.78 is 0. The van der Waals surface area contributed by atoms with E-state index in [1.165, 1.54) is 15.3 Å². The van der Waals surface area contributed by atoms with Crippen LogP contribution < -0.4 is 10.6 Å². The van der Waals surface area contributed by atoms with Gasteiger partial charge in [0, 0.05) is 22.0 Å². The van der Waals surface area contributed by atoms with E-state index in [4.69, 9.17) is 11.6 Å². The van der Waals surface area contributed by atoms with Crippen LogP contribution in [0.2, 0.25) is 5.02 Å². The van der Waals surface area contributed by atoms with Gasteiger partial charge >= 0.3 is 0 Å². The highest BCUT2D eigenvalue weighted by atomic mass is 35.5. The summed E-state index contributed by atoms with van der Waals surface area (Å²) in [6.45, 7) is 4.98. The Morgan fingerprint density at radius 3 is 2.85 bits per heavy atom. The summed E-state index contributed by atoms with van der Waals surface area (Å²) in [5.74, 6) is 0.0255. The van der Waals surface area contributed by atoms with Crippen molar-refractivity contribution in [2.45, 2.75) is 26.8 Å². The first-order chi connectivity index (χ1) is 9.52. The number of aryl methyl sites for hydroxylation is 2. The Morgan fingerprint density at radius 2 is 2.15 bits per heavy atom. The summed E-state index contributed by atoms with van der Waals surface area (Å²) in [5, 5.41) is 6.80. The van der Waals surface area contributed by atoms with Crippen LogP contribution in [0.3, 0.4) is 0 Å². The van der Waals surface area contributed by atoms with Gasteiger partial charge < -0.3 is 10.6 Å². The van der Waals surface area contributed by atoms with Gasteiger partial charge in [-0.1, -0.05) is 11.6 Å². The molecule has 20 heavy (non-hydrogen) atoms. The van der Waals surface area contributed by atoms with E-state index in [9.17, 15) is 4.79 Å². The van der Waals surface area contributed by atoms with E-state index in [-0.39, 0.29) is 5.91 Å². The van der Waals surface area contributed by atoms with Crippen molar-refractivity contribution in [1.29, 1.82) is 0 Å². The molecule has 0 saturated carbocycles. The molecule has 3 nitrogen and oxygen atoms in total. The summed E-state index contributed by atoms with van der Waals surface area (Å²) in [5.41, 5.74) is 4.00. The molecule has 2 N–H and O–H groups in total. The van der Waals surface area contributed by atoms with Crippen LogP contribution in [0.5, 0.6) is 0 Å². The molecule has 1 aromatic carbocycles. The number of carbonyl (C=O) groups excluding carboxylic acids is 1. The van der Waals surface area contributed by atoms with E-state index in [1.807, 2.05) is 12.1 Å². The van der Waals surface area contributed by atoms with Gasteiger partial charge in [0.1, 0.15) is 0 Å². The van der Waals surface area contributed by atoms with E-state index < -0.39 is 0 Å². The zero-order valence-electron chi connectivity index (χ0n) is 11.3. The lowest BCUT2D eigenvalue weighted by atomic mass is 10.1. The predicted octanol–water partition coefficient (Wildman–Crippen LogP) is 4.13. The van der Waals surface area contributed by atoms with Crippen LogP contribution in [0.25, 0.3) is 0 Å². The average molecular weight is 307 g/mol. The average Bonchev–Trinajstić information content (AvgIpc) is 2.87. The van der Waals surface area contributed by atoms with Crippen LogP contribution in [0.1, 0.15) is 20.9 Å². The standard InChI is InChI=1S/C15H15ClN2OS/c1-8-3-11(9(2)20-8)7-17-14-4-10-5-15(19)18-13(10)6-12(14)16/h3-4,6,17H,5,7H2,1-2H3,(H,18,19). The van der Waals surface area contributed by atoms with Crippen LogP contribution in [-0.2, 0) is 17.8 Å². The van der Waals surface area contributed by atoms with Crippen molar-refractivity contribution >= 4 is 40.2 Å². The van der Waals surface area contributed by atoms with Crippen LogP contribution in [-0.4, -0.2) is 5.91 Å². The van der Waals surface area contributed by atoms with Crippen molar-refractivity contribution in [3.8, 4) is 0 Å². The second kappa shape index (κ2) is 5.11. The first-order valence-corrected chi connectivity index (χ1v) is 7.64. The fourth-order valence-electron chi connectivity index (χ4n) is 2.43. The Morgan fingerprint density at radius 1 is 1.35 bits per heavy atom. The zero-order chi connectivity index (χ0) is 14.3. The monoisotopic (exact) mass is 306 g/mol. The van der Waals surface area contributed by atoms with Gasteiger partial charge in [-0.15, -0.1) is 11.3 Å². The highest BCUT2D eigenvalue weighted by Gasteiger charge is 2.19. The maximum atomic E-state index is 11.4. The largest absolute Gasteiger partial charge is 0.380 e. The maximum absolute atomic E-state index is 11.4. The van der Waals surface area contributed by atoms with Gasteiger partial charge in [0.25, 0.3) is 0 Å². The molecule has 0 radical (unpaired) electrons. The maximum Gasteiger partial charge on any atom is 0.228 e. The smallest absolute Gasteiger partial charge is 0.228 e. The Hall–Kier alpha value is -1.52. The zero-order valence-corrected chi connectivity index (χ0v) is 12.9. The molecule has 3 rings (SSSR count). The number of hydrogen-bond donors (Lipinski definition) is 2. The fraction of sp³-hybridized carbons (Fsp3) is 0.267. The number of fused-ring (bicyclic) bond motifs is 1. The lowest BCUT2D eigenvalue weighted by Gasteiger charge is -2.10. The molecule has 0 spiro atoms. The third-order valence-electron chi connectivity index (χ3n) is 3.43. The molecule has 1 amide bonds. The second-order valence-electron chi connectivity index (χ2n) is 5.01. The number of hydrogen-bond acceptors (Lipinski definition) is 3. The topological polar surface area (TPSA) is 41.1 Å². The molecular weight excluding hydrogens is 292 g/mol. The number of amides is 1. The Balaban J connectivity index is 1.80. The van der Waals surface area contributed by atoms with Crippen LogP contribution in [0.4, 0.5) is 11.4 Å². The first kappa shape index (κ1) is 13.5. The number of nitrogens with one attached hydrogen (secondary N) is 2. The molecule has 1 aliphatic rings. The third kappa shape index (κ3) is 2.53. The molecule has 0 atom stereocenters. The van der Waals surface area contributed by atoms with Crippen LogP contribution in [0.15, 0.2) is 18.2 Å². The van der Waals surface area contributed by atoms with Gasteiger partial charge in [0.15, 0.2) is 0 Å². The molecule has 0 aliphatic carbocycles. The lowest BCUT2D eigenvalue weighted by Crippen LogP contribution is -2.03. The second-order valence-corrected chi connectivity index (χ2v) is 6.87. The van der Waals surface area contributed by atoms with E-state index in [0.29, 0.717) is 11.4 Å². The summed E-state index contributed by atoms with van der Waals surface area (Å²) in [7, 11) is 0. The highest BCUT2D eigenvalue weighted by Crippen LogP contribution is 2.33. The first-order valence-electron chi connectivity index (χ1n) is 6.45. The predicted molar refractivity (Wildman–Crippen MR) is 84.9 cm³/mol. The molecule has 0 bridgehead atoms. The Kier molecular flexibility index (Phi) is 3.44. The minimum atomic E-state index is 0.0255. The molecule has 0 unspecified atom stereocenters. The highest BCUT2D eigenvalue weighted by molar-refractivity contribution is 7.12. The fourth-order valence-corrected chi connectivity index (χ4v) is 3.61. The SMILES string of the molecule is Cc1cc(CNc2cc3c(cc2Cl)NC(=O)C3)c(C)s1. The van der Waals surface area contributed by atoms with Gasteiger partial charge in [-0.05, 0) is 43.2 Å². The molecule has 2 heterocycles. The van der Waals surface area contributed by atoms with Gasteiger partial charge in [-0.3, -0.25) is 4.79 Å². The van der Waals surface area contributed by atoms with Crippen molar-refractivity contribution in [3.05, 3.63) is 44.1 Å². The number of halogens is 1. The molecule has 1 aromatic heterocycles. The lowest BCUT2D eigenvalue weighted by molar-refractivity contribution is -0.115. The van der Waals surface area contributed by atoms with E-state index in [1.54, 1.807) is 11.3 Å². The number of carbonyl (C=O) groups is 1. The van der Waals surface area contributed by atoms with Crippen molar-refractivity contribution in [2.75, 3.05) is 10.6 Å². The van der Waals surface area contributed by atoms with Gasteiger partial charge in [0.2, 0.25) is 5.91 Å². The minimum absolute atomic E-state index is 0.0255. The van der Waals surface area contributed by atoms with Crippen molar-refractivity contribution in [3.63, 3.8) is 0 Å². The molecule has 0 fully saturated rings. The summed E-state index contributed by atoms with van der Waals surface area (Å²) in [6.07, 6.45) is 0.428. The van der Waals surface area contributed by atoms with Crippen molar-refractivity contribution in [2.24, 2.45) is 0 Å². The van der Waals surface area contributed by atoms with Gasteiger partial charge in [-0.25, -0.2) is 0 Å². The quantitative estimate of drug-likeness (QED) is 0.895. The number of anilines is 2. The summed E-state index contributed by atoms with van der Waals surface area (Å²) in [6, 6.07) is 5.97. The van der Waals surface area contributed by atoms with Gasteiger partial charge in [-0.2, -0.15) is 0 Å². The summed E-state index contributed by atoms with van der Waals surface area (Å²) in [4.78, 5) is 14.0. The molecule has 1 aliphatic heterocycles. The van der Waals surface area contributed by atoms with Gasteiger partial charge in [0.05, 0.1) is 17.1 Å². The van der Waals surface area contributed by atoms with Crippen molar-refractivity contribution < 1.29 is 4.79 Å². The Labute approximate surface area is 127 Å². The van der Waals surface area contributed by atoms with Crippen LogP contribution >= 0.6 is 22.9 Å². The normalized spacial score (nSPS) is 13.2. The van der Waals surface area contributed by atoms with E-state index in [0.717, 1.165) is 23.5 Å². The molecular formula is C15H15ClN2OS. The number of thiophene rings is 1. The summed E-state index contributed by atoms with van der Waals surface area (Å²) >= 11 is 8.06. The Bertz CT molecular complexity index is 693. The van der Waals surface area contributed by atoms with Crippen molar-refractivity contribution in [1.82, 2.24) is 0 Å². The molecule has 5 heteroatoms. The minimum Gasteiger partial charge on any atom is -0.380 e. The molecule has 104 valence electrons. The molecule has 2 aromatic rings.